The normalized spacial score (nSPS) is 10.9. The number of halogens is 1. The van der Waals surface area contributed by atoms with Crippen LogP contribution in [0.3, 0.4) is 0 Å². The van der Waals surface area contributed by atoms with Crippen molar-refractivity contribution in [2.75, 3.05) is 32.1 Å². The molecule has 0 saturated heterocycles. The molecule has 0 heterocycles. The summed E-state index contributed by atoms with van der Waals surface area (Å²) in [5.74, 6) is -0.154. The van der Waals surface area contributed by atoms with Gasteiger partial charge in [-0.1, -0.05) is 13.8 Å². The van der Waals surface area contributed by atoms with E-state index < -0.39 is 0 Å². The van der Waals surface area contributed by atoms with Crippen LogP contribution in [0.4, 0.5) is 10.1 Å². The SMILES string of the molecule is CCCN(CC)Cc1cc(F)cc(N(C)C)c1. The summed E-state index contributed by atoms with van der Waals surface area (Å²) >= 11 is 0. The number of hydrogen-bond donors (Lipinski definition) is 0. The molecule has 0 saturated carbocycles. The van der Waals surface area contributed by atoms with Gasteiger partial charge >= 0.3 is 0 Å². The molecule has 0 bridgehead atoms. The Morgan fingerprint density at radius 3 is 2.35 bits per heavy atom. The molecule has 1 aromatic carbocycles. The molecule has 1 rings (SSSR count). The van der Waals surface area contributed by atoms with Crippen LogP contribution in [0.15, 0.2) is 18.2 Å². The van der Waals surface area contributed by atoms with Gasteiger partial charge in [-0.3, -0.25) is 4.90 Å². The van der Waals surface area contributed by atoms with Crippen molar-refractivity contribution in [3.63, 3.8) is 0 Å². The molecular weight excluding hydrogens is 215 g/mol. The van der Waals surface area contributed by atoms with Crippen LogP contribution < -0.4 is 4.90 Å². The number of anilines is 1. The maximum absolute atomic E-state index is 13.5. The van der Waals surface area contributed by atoms with E-state index in [0.717, 1.165) is 37.3 Å². The molecule has 0 atom stereocenters. The van der Waals surface area contributed by atoms with Crippen molar-refractivity contribution in [3.8, 4) is 0 Å². The second-order valence-corrected chi connectivity index (χ2v) is 4.58. The molecule has 0 N–H and O–H groups in total. The maximum Gasteiger partial charge on any atom is 0.125 e. The van der Waals surface area contributed by atoms with Crippen LogP contribution in [0.25, 0.3) is 0 Å². The van der Waals surface area contributed by atoms with Gasteiger partial charge in [-0.15, -0.1) is 0 Å². The molecule has 0 radical (unpaired) electrons. The van der Waals surface area contributed by atoms with Crippen molar-refractivity contribution < 1.29 is 4.39 Å². The van der Waals surface area contributed by atoms with Gasteiger partial charge in [-0.2, -0.15) is 0 Å². The average molecular weight is 238 g/mol. The Morgan fingerprint density at radius 2 is 1.82 bits per heavy atom. The minimum Gasteiger partial charge on any atom is -0.378 e. The van der Waals surface area contributed by atoms with Gasteiger partial charge in [0.15, 0.2) is 0 Å². The maximum atomic E-state index is 13.5. The highest BCUT2D eigenvalue weighted by molar-refractivity contribution is 5.47. The minimum absolute atomic E-state index is 0.154. The fourth-order valence-electron chi connectivity index (χ4n) is 1.91. The van der Waals surface area contributed by atoms with Gasteiger partial charge in [0.25, 0.3) is 0 Å². The highest BCUT2D eigenvalue weighted by Crippen LogP contribution is 2.17. The largest absolute Gasteiger partial charge is 0.378 e. The third-order valence-corrected chi connectivity index (χ3v) is 2.85. The van der Waals surface area contributed by atoms with Crippen LogP contribution in [-0.2, 0) is 6.54 Å². The molecule has 0 unspecified atom stereocenters. The molecule has 0 aliphatic heterocycles. The lowest BCUT2D eigenvalue weighted by Crippen LogP contribution is -2.23. The van der Waals surface area contributed by atoms with Gasteiger partial charge in [0.05, 0.1) is 0 Å². The van der Waals surface area contributed by atoms with E-state index in [2.05, 4.69) is 24.8 Å². The molecule has 0 amide bonds. The number of hydrogen-bond acceptors (Lipinski definition) is 2. The smallest absolute Gasteiger partial charge is 0.125 e. The quantitative estimate of drug-likeness (QED) is 0.751. The highest BCUT2D eigenvalue weighted by atomic mass is 19.1. The summed E-state index contributed by atoms with van der Waals surface area (Å²) < 4.78 is 13.5. The first-order valence-electron chi connectivity index (χ1n) is 6.26. The third kappa shape index (κ3) is 4.35. The minimum atomic E-state index is -0.154. The van der Waals surface area contributed by atoms with Crippen molar-refractivity contribution in [1.29, 1.82) is 0 Å². The second kappa shape index (κ2) is 6.60. The van der Waals surface area contributed by atoms with E-state index in [1.165, 1.54) is 0 Å². The fraction of sp³-hybridized carbons (Fsp3) is 0.571. The first-order valence-corrected chi connectivity index (χ1v) is 6.26. The lowest BCUT2D eigenvalue weighted by atomic mass is 10.1. The molecule has 96 valence electrons. The molecular formula is C14H23FN2. The Kier molecular flexibility index (Phi) is 5.42. The highest BCUT2D eigenvalue weighted by Gasteiger charge is 2.06. The van der Waals surface area contributed by atoms with E-state index >= 15 is 0 Å². The van der Waals surface area contributed by atoms with Crippen molar-refractivity contribution in [1.82, 2.24) is 4.90 Å². The standard InChI is InChI=1S/C14H23FN2/c1-5-7-17(6-2)11-12-8-13(15)10-14(9-12)16(3)4/h8-10H,5-7,11H2,1-4H3. The summed E-state index contributed by atoms with van der Waals surface area (Å²) in [6, 6.07) is 5.26. The Hall–Kier alpha value is -1.09. The summed E-state index contributed by atoms with van der Waals surface area (Å²) in [5.41, 5.74) is 1.97. The van der Waals surface area contributed by atoms with E-state index in [1.54, 1.807) is 12.1 Å². The molecule has 0 aliphatic rings. The van der Waals surface area contributed by atoms with Gasteiger partial charge in [-0.05, 0) is 43.3 Å². The molecule has 17 heavy (non-hydrogen) atoms. The van der Waals surface area contributed by atoms with Crippen molar-refractivity contribution in [2.45, 2.75) is 26.8 Å². The van der Waals surface area contributed by atoms with Gasteiger partial charge in [0, 0.05) is 26.3 Å². The summed E-state index contributed by atoms with van der Waals surface area (Å²) in [4.78, 5) is 4.26. The lowest BCUT2D eigenvalue weighted by molar-refractivity contribution is 0.280. The van der Waals surface area contributed by atoms with Crippen molar-refractivity contribution in [2.24, 2.45) is 0 Å². The van der Waals surface area contributed by atoms with Crippen LogP contribution in [0.5, 0.6) is 0 Å². The molecule has 3 heteroatoms. The van der Waals surface area contributed by atoms with Gasteiger partial charge < -0.3 is 4.90 Å². The molecule has 0 spiro atoms. The van der Waals surface area contributed by atoms with Gasteiger partial charge in [-0.25, -0.2) is 4.39 Å². The Balaban J connectivity index is 2.82. The number of benzene rings is 1. The predicted octanol–water partition coefficient (Wildman–Crippen LogP) is 3.12. The van der Waals surface area contributed by atoms with Crippen molar-refractivity contribution >= 4 is 5.69 Å². The Bertz CT molecular complexity index is 350. The summed E-state index contributed by atoms with van der Waals surface area (Å²) in [6.45, 7) is 7.19. The fourth-order valence-corrected chi connectivity index (χ4v) is 1.91. The summed E-state index contributed by atoms with van der Waals surface area (Å²) in [6.07, 6.45) is 1.13. The topological polar surface area (TPSA) is 6.48 Å². The average Bonchev–Trinajstić information content (AvgIpc) is 2.27. The first kappa shape index (κ1) is 14.0. The van der Waals surface area contributed by atoms with Crippen molar-refractivity contribution in [3.05, 3.63) is 29.6 Å². The second-order valence-electron chi connectivity index (χ2n) is 4.58. The van der Waals surface area contributed by atoms with E-state index in [9.17, 15) is 4.39 Å². The molecule has 0 aromatic heterocycles. The third-order valence-electron chi connectivity index (χ3n) is 2.85. The van der Waals surface area contributed by atoms with Crippen LogP contribution in [0.1, 0.15) is 25.8 Å². The number of nitrogens with zero attached hydrogens (tertiary/aromatic N) is 2. The van der Waals surface area contributed by atoms with Gasteiger partial charge in [0.2, 0.25) is 0 Å². The van der Waals surface area contributed by atoms with E-state index in [1.807, 2.05) is 19.0 Å². The lowest BCUT2D eigenvalue weighted by Gasteiger charge is -2.21. The summed E-state index contributed by atoms with van der Waals surface area (Å²) in [7, 11) is 3.87. The number of rotatable bonds is 6. The zero-order valence-corrected chi connectivity index (χ0v) is 11.3. The molecule has 1 aromatic rings. The van der Waals surface area contributed by atoms with Crippen LogP contribution in [0.2, 0.25) is 0 Å². The monoisotopic (exact) mass is 238 g/mol. The first-order chi connectivity index (χ1) is 8.06. The van der Waals surface area contributed by atoms with Crippen LogP contribution in [-0.4, -0.2) is 32.1 Å². The summed E-state index contributed by atoms with van der Waals surface area (Å²) in [5, 5.41) is 0. The Labute approximate surface area is 104 Å². The van der Waals surface area contributed by atoms with E-state index in [-0.39, 0.29) is 5.82 Å². The molecule has 0 fully saturated rings. The molecule has 2 nitrogen and oxygen atoms in total. The Morgan fingerprint density at radius 1 is 1.12 bits per heavy atom. The zero-order valence-electron chi connectivity index (χ0n) is 11.3. The zero-order chi connectivity index (χ0) is 12.8. The van der Waals surface area contributed by atoms with E-state index in [0.29, 0.717) is 0 Å². The van der Waals surface area contributed by atoms with Crippen LogP contribution >= 0.6 is 0 Å². The van der Waals surface area contributed by atoms with E-state index in [4.69, 9.17) is 0 Å². The predicted molar refractivity (Wildman–Crippen MR) is 72.0 cm³/mol. The molecule has 0 aliphatic carbocycles. The van der Waals surface area contributed by atoms with Crippen LogP contribution in [0, 0.1) is 5.82 Å². The van der Waals surface area contributed by atoms with Gasteiger partial charge in [0.1, 0.15) is 5.82 Å².